The molecule has 6 nitrogen and oxygen atoms in total. The molecule has 7 heteroatoms. The van der Waals surface area contributed by atoms with Crippen LogP contribution in [0, 0.1) is 5.92 Å². The predicted molar refractivity (Wildman–Crippen MR) is 118 cm³/mol. The molecule has 0 aliphatic rings. The lowest BCUT2D eigenvalue weighted by molar-refractivity contribution is 0.205. The van der Waals surface area contributed by atoms with E-state index in [0.717, 1.165) is 12.1 Å². The molecule has 0 radical (unpaired) electrons. The van der Waals surface area contributed by atoms with E-state index < -0.39 is 13.2 Å². The summed E-state index contributed by atoms with van der Waals surface area (Å²) in [6.45, 7) is 4.43. The highest BCUT2D eigenvalue weighted by atomic mass is 31.2. The fourth-order valence-corrected chi connectivity index (χ4v) is 4.98. The first-order valence-electron chi connectivity index (χ1n) is 9.65. The molecule has 1 N–H and O–H groups in total. The highest BCUT2D eigenvalue weighted by molar-refractivity contribution is 7.67. The van der Waals surface area contributed by atoms with E-state index in [1.165, 1.54) is 14.2 Å². The molecule has 2 aromatic rings. The van der Waals surface area contributed by atoms with Crippen molar-refractivity contribution in [3.05, 3.63) is 48.0 Å². The molecule has 0 aliphatic heterocycles. The molecule has 0 unspecified atom stereocenters. The van der Waals surface area contributed by atoms with Gasteiger partial charge >= 0.3 is 0 Å². The van der Waals surface area contributed by atoms with Crippen molar-refractivity contribution < 1.29 is 23.7 Å². The van der Waals surface area contributed by atoms with Crippen LogP contribution < -0.4 is 19.7 Å². The van der Waals surface area contributed by atoms with Crippen LogP contribution in [-0.2, 0) is 9.09 Å². The van der Waals surface area contributed by atoms with E-state index in [0.29, 0.717) is 28.3 Å². The largest absolute Gasteiger partial charge is 0.497 e. The van der Waals surface area contributed by atoms with Crippen molar-refractivity contribution in [2.24, 2.45) is 5.92 Å². The van der Waals surface area contributed by atoms with E-state index in [2.05, 4.69) is 13.8 Å². The maximum Gasteiger partial charge on any atom is 0.264 e. The molecule has 29 heavy (non-hydrogen) atoms. The third-order valence-corrected chi connectivity index (χ3v) is 7.25. The van der Waals surface area contributed by atoms with Gasteiger partial charge in [0.05, 0.1) is 20.8 Å². The summed E-state index contributed by atoms with van der Waals surface area (Å²) in [5, 5.41) is 11.7. The summed E-state index contributed by atoms with van der Waals surface area (Å²) in [7, 11) is 3.26. The van der Waals surface area contributed by atoms with Crippen molar-refractivity contribution in [1.82, 2.24) is 0 Å². The van der Waals surface area contributed by atoms with E-state index in [-0.39, 0.29) is 6.61 Å². The molecule has 0 saturated heterocycles. The minimum absolute atomic E-state index is 0.285. The number of nitrogens with zero attached hydrogens (tertiary/aromatic N) is 1. The fourth-order valence-electron chi connectivity index (χ4n) is 2.89. The van der Waals surface area contributed by atoms with Crippen LogP contribution in [0.2, 0.25) is 0 Å². The molecular weight excluding hydrogens is 389 g/mol. The molecule has 0 aromatic heterocycles. The Morgan fingerprint density at radius 3 is 2.21 bits per heavy atom. The van der Waals surface area contributed by atoms with Gasteiger partial charge in [-0.3, -0.25) is 4.57 Å². The quantitative estimate of drug-likeness (QED) is 0.573. The number of benzene rings is 2. The third-order valence-electron chi connectivity index (χ3n) is 4.74. The van der Waals surface area contributed by atoms with Crippen LogP contribution >= 0.6 is 7.37 Å². The van der Waals surface area contributed by atoms with E-state index >= 15 is 0 Å². The molecule has 0 bridgehead atoms. The Hall–Kier alpha value is -2.01. The maximum absolute atomic E-state index is 14.1. The Morgan fingerprint density at radius 1 is 1.03 bits per heavy atom. The lowest BCUT2D eigenvalue weighted by atomic mass is 10.2. The summed E-state index contributed by atoms with van der Waals surface area (Å²) in [5.74, 6) is -0.0274. The van der Waals surface area contributed by atoms with Gasteiger partial charge in [0.2, 0.25) is 0 Å². The zero-order chi connectivity index (χ0) is 21.6. The predicted octanol–water partition coefficient (Wildman–Crippen LogP) is 4.43. The van der Waals surface area contributed by atoms with E-state index in [1.54, 1.807) is 30.3 Å². The smallest absolute Gasteiger partial charge is 0.264 e. The van der Waals surface area contributed by atoms with Gasteiger partial charge in [0.25, 0.3) is 7.37 Å². The first-order valence-corrected chi connectivity index (χ1v) is 11.3. The molecule has 2 rings (SSSR count). The van der Waals surface area contributed by atoms with Crippen LogP contribution in [0.15, 0.2) is 42.5 Å². The SMILES string of the molecule is COc1ccc(OC)c([C@H](O)[P@](=O)(OCCC(C)C)c2ccc(N(C)C)cc2)c1. The van der Waals surface area contributed by atoms with Crippen molar-refractivity contribution in [3.63, 3.8) is 0 Å². The van der Waals surface area contributed by atoms with E-state index in [4.69, 9.17) is 14.0 Å². The minimum Gasteiger partial charge on any atom is -0.497 e. The fraction of sp³-hybridized carbons (Fsp3) is 0.455. The van der Waals surface area contributed by atoms with Crippen LogP contribution in [0.3, 0.4) is 0 Å². The van der Waals surface area contributed by atoms with Gasteiger partial charge in [-0.2, -0.15) is 0 Å². The van der Waals surface area contributed by atoms with Crippen LogP contribution in [0.4, 0.5) is 5.69 Å². The Balaban J connectivity index is 2.50. The van der Waals surface area contributed by atoms with Crippen LogP contribution in [-0.4, -0.2) is 40.0 Å². The van der Waals surface area contributed by atoms with Crippen LogP contribution in [0.5, 0.6) is 11.5 Å². The molecule has 0 spiro atoms. The molecule has 2 atom stereocenters. The summed E-state index contributed by atoms with van der Waals surface area (Å²) in [6, 6.07) is 12.3. The van der Waals surface area contributed by atoms with Gasteiger partial charge in [-0.1, -0.05) is 13.8 Å². The summed E-state index contributed by atoms with van der Waals surface area (Å²) >= 11 is 0. The standard InChI is InChI=1S/C22H32NO5P/c1-16(2)13-14-28-29(25,19-10-7-17(8-11-19)23(3)4)22(24)20-15-18(26-5)9-12-21(20)27-6/h7-12,15-16,22,24H,13-14H2,1-6H3/t22-,29-/m1/s1. The first-order chi connectivity index (χ1) is 13.7. The van der Waals surface area contributed by atoms with Gasteiger partial charge in [-0.25, -0.2) is 0 Å². The average molecular weight is 421 g/mol. The Labute approximate surface area is 173 Å². The summed E-state index contributed by atoms with van der Waals surface area (Å²) in [5.41, 5.74) is 1.34. The number of anilines is 1. The topological polar surface area (TPSA) is 68.2 Å². The number of ether oxygens (including phenoxy) is 2. The van der Waals surface area contributed by atoms with E-state index in [1.807, 2.05) is 31.1 Å². The number of methoxy groups -OCH3 is 2. The van der Waals surface area contributed by atoms with Gasteiger partial charge < -0.3 is 24.0 Å². The molecule has 2 aromatic carbocycles. The highest BCUT2D eigenvalue weighted by Crippen LogP contribution is 2.59. The second-order valence-electron chi connectivity index (χ2n) is 7.51. The monoisotopic (exact) mass is 421 g/mol. The van der Waals surface area contributed by atoms with E-state index in [9.17, 15) is 9.67 Å². The Kier molecular flexibility index (Phi) is 8.14. The van der Waals surface area contributed by atoms with Gasteiger partial charge in [0.1, 0.15) is 11.5 Å². The number of hydrogen-bond donors (Lipinski definition) is 1. The van der Waals surface area contributed by atoms with Gasteiger partial charge in [-0.05, 0) is 54.8 Å². The van der Waals surface area contributed by atoms with Crippen molar-refractivity contribution in [3.8, 4) is 11.5 Å². The number of rotatable bonds is 10. The molecule has 0 heterocycles. The summed E-state index contributed by atoms with van der Waals surface area (Å²) < 4.78 is 30.6. The van der Waals surface area contributed by atoms with Crippen molar-refractivity contribution in [2.45, 2.75) is 26.1 Å². The van der Waals surface area contributed by atoms with Gasteiger partial charge in [0.15, 0.2) is 5.85 Å². The lowest BCUT2D eigenvalue weighted by Gasteiger charge is -2.26. The molecular formula is C22H32NO5P. The minimum atomic E-state index is -3.66. The molecule has 0 aliphatic carbocycles. The highest BCUT2D eigenvalue weighted by Gasteiger charge is 2.38. The molecule has 160 valence electrons. The second kappa shape index (κ2) is 10.1. The zero-order valence-corrected chi connectivity index (χ0v) is 19.0. The lowest BCUT2D eigenvalue weighted by Crippen LogP contribution is -2.17. The summed E-state index contributed by atoms with van der Waals surface area (Å²) in [4.78, 5) is 1.95. The molecule has 0 fully saturated rings. The first kappa shape index (κ1) is 23.3. The summed E-state index contributed by atoms with van der Waals surface area (Å²) in [6.07, 6.45) is 0.738. The molecule has 0 amide bonds. The second-order valence-corrected chi connectivity index (χ2v) is 9.96. The number of aliphatic hydroxyl groups excluding tert-OH is 1. The van der Waals surface area contributed by atoms with Crippen LogP contribution in [0.1, 0.15) is 31.7 Å². The average Bonchev–Trinajstić information content (AvgIpc) is 2.72. The third kappa shape index (κ3) is 5.53. The Morgan fingerprint density at radius 2 is 1.69 bits per heavy atom. The molecule has 0 saturated carbocycles. The van der Waals surface area contributed by atoms with Crippen molar-refractivity contribution >= 4 is 18.4 Å². The van der Waals surface area contributed by atoms with Crippen molar-refractivity contribution in [2.75, 3.05) is 39.8 Å². The van der Waals surface area contributed by atoms with Gasteiger partial charge in [0, 0.05) is 30.7 Å². The van der Waals surface area contributed by atoms with Crippen molar-refractivity contribution in [1.29, 1.82) is 0 Å². The number of aliphatic hydroxyl groups is 1. The normalized spacial score (nSPS) is 14.3. The maximum atomic E-state index is 14.1. The van der Waals surface area contributed by atoms with Crippen LogP contribution in [0.25, 0.3) is 0 Å². The zero-order valence-electron chi connectivity index (χ0n) is 18.1. The van der Waals surface area contributed by atoms with Gasteiger partial charge in [-0.15, -0.1) is 0 Å². The Bertz CT molecular complexity index is 836. The number of hydrogen-bond acceptors (Lipinski definition) is 6.